The summed E-state index contributed by atoms with van der Waals surface area (Å²) in [6.07, 6.45) is 3.98. The first-order chi connectivity index (χ1) is 12.6. The molecule has 0 saturated carbocycles. The Hall–Kier alpha value is -2.73. The smallest absolute Gasteiger partial charge is 0.343 e. The van der Waals surface area contributed by atoms with Crippen molar-refractivity contribution >= 4 is 29.0 Å². The number of carbonyl (C=O) groups excluding carboxylic acids is 2. The fourth-order valence-corrected chi connectivity index (χ4v) is 3.59. The number of hydrogen-bond acceptors (Lipinski definition) is 5. The molecule has 7 heteroatoms. The minimum Gasteiger partial charge on any atom is -0.462 e. The van der Waals surface area contributed by atoms with Gasteiger partial charge in [0.1, 0.15) is 5.56 Å². The lowest BCUT2D eigenvalue weighted by Gasteiger charge is -2.24. The van der Waals surface area contributed by atoms with Gasteiger partial charge in [0, 0.05) is 17.6 Å². The molecule has 4 rings (SSSR count). The van der Waals surface area contributed by atoms with Crippen LogP contribution >= 0.6 is 11.6 Å². The summed E-state index contributed by atoms with van der Waals surface area (Å²) in [6.45, 7) is 2.02. The number of nitrogens with zero attached hydrogens (tertiary/aromatic N) is 3. The van der Waals surface area contributed by atoms with Crippen LogP contribution < -0.4 is 0 Å². The van der Waals surface area contributed by atoms with Crippen LogP contribution in [0.4, 0.5) is 0 Å². The highest BCUT2D eigenvalue weighted by atomic mass is 35.5. The SMILES string of the molecule is CCOC(=O)c1cnn2c3c(cnc12)C(=O)CC(c1cccc(Cl)c1)C3. The molecule has 1 aliphatic rings. The molecule has 132 valence electrons. The predicted octanol–water partition coefficient (Wildman–Crippen LogP) is 3.47. The summed E-state index contributed by atoms with van der Waals surface area (Å²) in [7, 11) is 0. The summed E-state index contributed by atoms with van der Waals surface area (Å²) in [5.74, 6) is -0.447. The number of aromatic nitrogens is 3. The van der Waals surface area contributed by atoms with Crippen molar-refractivity contribution in [3.05, 3.63) is 64.1 Å². The zero-order valence-electron chi connectivity index (χ0n) is 14.1. The lowest BCUT2D eigenvalue weighted by atomic mass is 9.82. The average molecular weight is 370 g/mol. The Morgan fingerprint density at radius 2 is 2.19 bits per heavy atom. The topological polar surface area (TPSA) is 73.6 Å². The molecule has 0 N–H and O–H groups in total. The van der Waals surface area contributed by atoms with Crippen LogP contribution in [0, 0.1) is 0 Å². The summed E-state index contributed by atoms with van der Waals surface area (Å²) in [5.41, 5.74) is 3.02. The molecule has 26 heavy (non-hydrogen) atoms. The number of rotatable bonds is 3. The van der Waals surface area contributed by atoms with Crippen molar-refractivity contribution in [3.63, 3.8) is 0 Å². The standard InChI is InChI=1S/C19H16ClN3O3/c1-2-26-19(25)15-10-22-23-16-7-12(11-4-3-5-13(20)6-11)8-17(24)14(16)9-21-18(15)23/h3-6,9-10,12H,2,7-8H2,1H3. The van der Waals surface area contributed by atoms with E-state index in [2.05, 4.69) is 10.1 Å². The number of benzene rings is 1. The number of carbonyl (C=O) groups is 2. The molecule has 0 spiro atoms. The van der Waals surface area contributed by atoms with E-state index >= 15 is 0 Å². The lowest BCUT2D eigenvalue weighted by molar-refractivity contribution is 0.0528. The molecule has 0 radical (unpaired) electrons. The van der Waals surface area contributed by atoms with Crippen molar-refractivity contribution in [2.75, 3.05) is 6.61 Å². The van der Waals surface area contributed by atoms with E-state index in [1.165, 1.54) is 12.4 Å². The van der Waals surface area contributed by atoms with Crippen LogP contribution in [0.15, 0.2) is 36.7 Å². The number of halogens is 1. The van der Waals surface area contributed by atoms with E-state index < -0.39 is 5.97 Å². The molecule has 0 amide bonds. The Bertz CT molecular complexity index is 1030. The minimum absolute atomic E-state index is 0.00884. The fourth-order valence-electron chi connectivity index (χ4n) is 3.40. The third kappa shape index (κ3) is 2.76. The van der Waals surface area contributed by atoms with Gasteiger partial charge in [-0.2, -0.15) is 5.10 Å². The van der Waals surface area contributed by atoms with Crippen molar-refractivity contribution in [2.45, 2.75) is 25.7 Å². The molecular formula is C19H16ClN3O3. The van der Waals surface area contributed by atoms with Crippen molar-refractivity contribution in [2.24, 2.45) is 0 Å². The van der Waals surface area contributed by atoms with Gasteiger partial charge in [-0.05, 0) is 37.0 Å². The Morgan fingerprint density at radius 3 is 2.96 bits per heavy atom. The van der Waals surface area contributed by atoms with Gasteiger partial charge in [-0.25, -0.2) is 14.3 Å². The Balaban J connectivity index is 1.79. The van der Waals surface area contributed by atoms with Gasteiger partial charge >= 0.3 is 5.97 Å². The molecule has 0 bridgehead atoms. The fraction of sp³-hybridized carbons (Fsp3) is 0.263. The van der Waals surface area contributed by atoms with Gasteiger partial charge in [-0.15, -0.1) is 0 Å². The van der Waals surface area contributed by atoms with Crippen LogP contribution in [-0.4, -0.2) is 33.0 Å². The number of ether oxygens (including phenoxy) is 1. The maximum absolute atomic E-state index is 12.6. The first-order valence-corrected chi connectivity index (χ1v) is 8.77. The van der Waals surface area contributed by atoms with Crippen molar-refractivity contribution in [1.82, 2.24) is 14.6 Å². The van der Waals surface area contributed by atoms with Crippen molar-refractivity contribution < 1.29 is 14.3 Å². The molecule has 2 heterocycles. The van der Waals surface area contributed by atoms with Crippen LogP contribution in [0.5, 0.6) is 0 Å². The highest BCUT2D eigenvalue weighted by molar-refractivity contribution is 6.30. The lowest BCUT2D eigenvalue weighted by Crippen LogP contribution is -2.22. The Kier molecular flexibility index (Phi) is 4.20. The van der Waals surface area contributed by atoms with E-state index in [9.17, 15) is 9.59 Å². The third-order valence-electron chi connectivity index (χ3n) is 4.61. The van der Waals surface area contributed by atoms with Crippen molar-refractivity contribution in [1.29, 1.82) is 0 Å². The maximum atomic E-state index is 12.6. The predicted molar refractivity (Wildman–Crippen MR) is 95.8 cm³/mol. The second-order valence-corrected chi connectivity index (χ2v) is 6.65. The van der Waals surface area contributed by atoms with E-state index in [0.29, 0.717) is 34.6 Å². The molecule has 2 aromatic heterocycles. The largest absolute Gasteiger partial charge is 0.462 e. The van der Waals surface area contributed by atoms with Crippen LogP contribution in [0.3, 0.4) is 0 Å². The first-order valence-electron chi connectivity index (χ1n) is 8.40. The highest BCUT2D eigenvalue weighted by Crippen LogP contribution is 2.33. The number of fused-ring (bicyclic) bond motifs is 3. The van der Waals surface area contributed by atoms with Crippen LogP contribution in [-0.2, 0) is 11.2 Å². The van der Waals surface area contributed by atoms with Gasteiger partial charge in [0.2, 0.25) is 0 Å². The average Bonchev–Trinajstić information content (AvgIpc) is 3.06. The zero-order valence-corrected chi connectivity index (χ0v) is 14.9. The summed E-state index contributed by atoms with van der Waals surface area (Å²) >= 11 is 6.10. The van der Waals surface area contributed by atoms with E-state index in [-0.39, 0.29) is 18.3 Å². The molecule has 1 atom stereocenters. The van der Waals surface area contributed by atoms with Crippen LogP contribution in [0.1, 0.15) is 51.2 Å². The van der Waals surface area contributed by atoms with Gasteiger partial charge in [0.05, 0.1) is 24.1 Å². The number of esters is 1. The molecule has 1 aromatic carbocycles. The molecule has 0 fully saturated rings. The highest BCUT2D eigenvalue weighted by Gasteiger charge is 2.30. The number of hydrogen-bond donors (Lipinski definition) is 0. The molecule has 0 saturated heterocycles. The Labute approximate surface area is 154 Å². The monoisotopic (exact) mass is 369 g/mol. The minimum atomic E-state index is -0.469. The second kappa shape index (κ2) is 6.53. The summed E-state index contributed by atoms with van der Waals surface area (Å²) in [5, 5.41) is 4.93. The van der Waals surface area contributed by atoms with Gasteiger partial charge in [0.15, 0.2) is 11.4 Å². The van der Waals surface area contributed by atoms with E-state index in [1.54, 1.807) is 11.4 Å². The number of Topliss-reactive ketones (excluding diaryl/α,β-unsaturated/α-hetero) is 1. The molecule has 1 unspecified atom stereocenters. The quantitative estimate of drug-likeness (QED) is 0.661. The Morgan fingerprint density at radius 1 is 1.35 bits per heavy atom. The van der Waals surface area contributed by atoms with Crippen molar-refractivity contribution in [3.8, 4) is 0 Å². The van der Waals surface area contributed by atoms with Crippen LogP contribution in [0.25, 0.3) is 5.65 Å². The molecule has 1 aliphatic carbocycles. The molecule has 0 aliphatic heterocycles. The summed E-state index contributed by atoms with van der Waals surface area (Å²) < 4.78 is 6.63. The summed E-state index contributed by atoms with van der Waals surface area (Å²) in [4.78, 5) is 29.0. The van der Waals surface area contributed by atoms with E-state index in [1.807, 2.05) is 24.3 Å². The molecular weight excluding hydrogens is 354 g/mol. The number of ketones is 1. The maximum Gasteiger partial charge on any atom is 0.343 e. The zero-order chi connectivity index (χ0) is 18.3. The normalized spacial score (nSPS) is 16.5. The third-order valence-corrected chi connectivity index (χ3v) is 4.85. The van der Waals surface area contributed by atoms with Gasteiger partial charge < -0.3 is 4.74 Å². The first kappa shape index (κ1) is 16.7. The van der Waals surface area contributed by atoms with Crippen LogP contribution in [0.2, 0.25) is 5.02 Å². The molecule has 3 aromatic rings. The second-order valence-electron chi connectivity index (χ2n) is 6.22. The van der Waals surface area contributed by atoms with E-state index in [0.717, 1.165) is 11.3 Å². The summed E-state index contributed by atoms with van der Waals surface area (Å²) in [6, 6.07) is 7.55. The molecule has 6 nitrogen and oxygen atoms in total. The van der Waals surface area contributed by atoms with Gasteiger partial charge in [-0.1, -0.05) is 23.7 Å². The van der Waals surface area contributed by atoms with Gasteiger partial charge in [-0.3, -0.25) is 4.79 Å². The van der Waals surface area contributed by atoms with E-state index in [4.69, 9.17) is 16.3 Å². The van der Waals surface area contributed by atoms with Gasteiger partial charge in [0.25, 0.3) is 0 Å².